The standard InChI is InChI=1S/C13H29N3O/c1-7-9-14-10-8-13(17)15(6)16(11(2)3)12(4)5/h11-12,14H,7-10H2,1-6H3. The Morgan fingerprint density at radius 2 is 1.65 bits per heavy atom. The molecule has 0 aliphatic heterocycles. The Morgan fingerprint density at radius 3 is 2.06 bits per heavy atom. The molecule has 0 bridgehead atoms. The highest BCUT2D eigenvalue weighted by Gasteiger charge is 2.21. The van der Waals surface area contributed by atoms with Crippen LogP contribution in [0.1, 0.15) is 47.5 Å². The van der Waals surface area contributed by atoms with Gasteiger partial charge in [-0.1, -0.05) is 6.92 Å². The molecule has 0 aromatic heterocycles. The lowest BCUT2D eigenvalue weighted by Crippen LogP contribution is -2.51. The summed E-state index contributed by atoms with van der Waals surface area (Å²) in [6.07, 6.45) is 1.67. The topological polar surface area (TPSA) is 35.6 Å². The molecule has 0 spiro atoms. The number of hydrogen-bond donors (Lipinski definition) is 1. The molecule has 0 rings (SSSR count). The highest BCUT2D eigenvalue weighted by atomic mass is 16.2. The molecule has 1 amide bonds. The minimum Gasteiger partial charge on any atom is -0.316 e. The predicted molar refractivity (Wildman–Crippen MR) is 72.7 cm³/mol. The van der Waals surface area contributed by atoms with Crippen LogP contribution in [0.2, 0.25) is 0 Å². The molecule has 0 saturated carbocycles. The molecule has 0 aliphatic carbocycles. The van der Waals surface area contributed by atoms with Gasteiger partial charge in [0.1, 0.15) is 0 Å². The Labute approximate surface area is 106 Å². The van der Waals surface area contributed by atoms with Gasteiger partial charge in [-0.25, -0.2) is 5.01 Å². The van der Waals surface area contributed by atoms with E-state index < -0.39 is 0 Å². The van der Waals surface area contributed by atoms with Crippen molar-refractivity contribution in [3.63, 3.8) is 0 Å². The van der Waals surface area contributed by atoms with Gasteiger partial charge in [0.25, 0.3) is 0 Å². The van der Waals surface area contributed by atoms with E-state index in [4.69, 9.17) is 0 Å². The fourth-order valence-corrected chi connectivity index (χ4v) is 2.08. The van der Waals surface area contributed by atoms with E-state index in [1.54, 1.807) is 5.01 Å². The molecule has 17 heavy (non-hydrogen) atoms. The summed E-state index contributed by atoms with van der Waals surface area (Å²) in [7, 11) is 1.86. The Kier molecular flexibility index (Phi) is 8.17. The Bertz CT molecular complexity index is 209. The van der Waals surface area contributed by atoms with Gasteiger partial charge in [-0.3, -0.25) is 9.80 Å². The zero-order chi connectivity index (χ0) is 13.4. The zero-order valence-corrected chi connectivity index (χ0v) is 12.3. The number of rotatable bonds is 8. The summed E-state index contributed by atoms with van der Waals surface area (Å²) >= 11 is 0. The van der Waals surface area contributed by atoms with Gasteiger partial charge in [0, 0.05) is 32.1 Å². The van der Waals surface area contributed by atoms with Gasteiger partial charge in [-0.15, -0.1) is 0 Å². The van der Waals surface area contributed by atoms with Gasteiger partial charge in [-0.05, 0) is 40.7 Å². The highest BCUT2D eigenvalue weighted by Crippen LogP contribution is 2.09. The third-order valence-electron chi connectivity index (χ3n) is 2.71. The minimum absolute atomic E-state index is 0.177. The highest BCUT2D eigenvalue weighted by molar-refractivity contribution is 5.75. The van der Waals surface area contributed by atoms with Gasteiger partial charge >= 0.3 is 0 Å². The van der Waals surface area contributed by atoms with E-state index >= 15 is 0 Å². The van der Waals surface area contributed by atoms with Crippen LogP contribution in [-0.4, -0.2) is 48.1 Å². The zero-order valence-electron chi connectivity index (χ0n) is 12.3. The van der Waals surface area contributed by atoms with E-state index in [0.29, 0.717) is 18.5 Å². The first kappa shape index (κ1) is 16.4. The smallest absolute Gasteiger partial charge is 0.237 e. The van der Waals surface area contributed by atoms with Gasteiger partial charge in [0.15, 0.2) is 0 Å². The second-order valence-corrected chi connectivity index (χ2v) is 4.98. The average molecular weight is 243 g/mol. The fourth-order valence-electron chi connectivity index (χ4n) is 2.08. The van der Waals surface area contributed by atoms with Crippen molar-refractivity contribution in [3.8, 4) is 0 Å². The number of hydrazine groups is 1. The monoisotopic (exact) mass is 243 g/mol. The summed E-state index contributed by atoms with van der Waals surface area (Å²) in [6.45, 7) is 12.3. The molecule has 0 radical (unpaired) electrons. The van der Waals surface area contributed by atoms with E-state index in [1.165, 1.54) is 0 Å². The van der Waals surface area contributed by atoms with Crippen LogP contribution in [-0.2, 0) is 4.79 Å². The lowest BCUT2D eigenvalue weighted by molar-refractivity contribution is -0.152. The van der Waals surface area contributed by atoms with Gasteiger partial charge < -0.3 is 5.32 Å². The first-order valence-corrected chi connectivity index (χ1v) is 6.67. The SMILES string of the molecule is CCCNCCC(=O)N(C)N(C(C)C)C(C)C. The molecule has 0 unspecified atom stereocenters. The summed E-state index contributed by atoms with van der Waals surface area (Å²) in [5.74, 6) is 0.177. The largest absolute Gasteiger partial charge is 0.316 e. The van der Waals surface area contributed by atoms with E-state index in [1.807, 2.05) is 7.05 Å². The van der Waals surface area contributed by atoms with Crippen LogP contribution in [0, 0.1) is 0 Å². The van der Waals surface area contributed by atoms with E-state index in [9.17, 15) is 4.79 Å². The first-order valence-electron chi connectivity index (χ1n) is 6.67. The van der Waals surface area contributed by atoms with E-state index in [2.05, 4.69) is 44.9 Å². The van der Waals surface area contributed by atoms with Crippen molar-refractivity contribution < 1.29 is 4.79 Å². The van der Waals surface area contributed by atoms with Crippen LogP contribution in [0.25, 0.3) is 0 Å². The molecule has 1 N–H and O–H groups in total. The summed E-state index contributed by atoms with van der Waals surface area (Å²) < 4.78 is 0. The predicted octanol–water partition coefficient (Wildman–Crippen LogP) is 1.87. The number of hydrogen-bond acceptors (Lipinski definition) is 3. The number of carbonyl (C=O) groups is 1. The molecule has 102 valence electrons. The van der Waals surface area contributed by atoms with Crippen molar-refractivity contribution in [2.75, 3.05) is 20.1 Å². The molecule has 4 heteroatoms. The molecule has 0 heterocycles. The van der Waals surface area contributed by atoms with Gasteiger partial charge in [-0.2, -0.15) is 0 Å². The maximum atomic E-state index is 12.0. The van der Waals surface area contributed by atoms with Crippen molar-refractivity contribution >= 4 is 5.91 Å². The maximum Gasteiger partial charge on any atom is 0.237 e. The van der Waals surface area contributed by atoms with Crippen molar-refractivity contribution in [1.82, 2.24) is 15.3 Å². The molecule has 0 atom stereocenters. The van der Waals surface area contributed by atoms with Gasteiger partial charge in [0.05, 0.1) is 0 Å². The molecule has 0 fully saturated rings. The Balaban J connectivity index is 4.17. The average Bonchev–Trinajstić information content (AvgIpc) is 2.22. The summed E-state index contributed by atoms with van der Waals surface area (Å²) in [6, 6.07) is 0.681. The van der Waals surface area contributed by atoms with Crippen LogP contribution in [0.5, 0.6) is 0 Å². The Hall–Kier alpha value is -0.610. The molecule has 4 nitrogen and oxygen atoms in total. The second-order valence-electron chi connectivity index (χ2n) is 4.98. The minimum atomic E-state index is 0.177. The maximum absolute atomic E-state index is 12.0. The number of carbonyl (C=O) groups excluding carboxylic acids is 1. The third kappa shape index (κ3) is 6.03. The van der Waals surface area contributed by atoms with Crippen molar-refractivity contribution in [2.24, 2.45) is 0 Å². The van der Waals surface area contributed by atoms with Crippen molar-refractivity contribution in [3.05, 3.63) is 0 Å². The van der Waals surface area contributed by atoms with Crippen LogP contribution in [0.3, 0.4) is 0 Å². The molecule has 0 saturated heterocycles. The lowest BCUT2D eigenvalue weighted by atomic mass is 10.3. The molecule has 0 aromatic rings. The fraction of sp³-hybridized carbons (Fsp3) is 0.923. The van der Waals surface area contributed by atoms with Crippen LogP contribution >= 0.6 is 0 Å². The van der Waals surface area contributed by atoms with Crippen LogP contribution in [0.4, 0.5) is 0 Å². The molecular formula is C13H29N3O. The number of amides is 1. The second kappa shape index (κ2) is 8.48. The quantitative estimate of drug-likeness (QED) is 0.522. The summed E-state index contributed by atoms with van der Waals surface area (Å²) in [5, 5.41) is 7.13. The third-order valence-corrected chi connectivity index (χ3v) is 2.71. The summed E-state index contributed by atoms with van der Waals surface area (Å²) in [5.41, 5.74) is 0. The van der Waals surface area contributed by atoms with Crippen molar-refractivity contribution in [1.29, 1.82) is 0 Å². The van der Waals surface area contributed by atoms with E-state index in [0.717, 1.165) is 19.5 Å². The first-order chi connectivity index (χ1) is 7.91. The van der Waals surface area contributed by atoms with Crippen molar-refractivity contribution in [2.45, 2.75) is 59.5 Å². The molecule has 0 aliphatic rings. The number of nitrogens with one attached hydrogen (secondary N) is 1. The lowest BCUT2D eigenvalue weighted by Gasteiger charge is -2.38. The van der Waals surface area contributed by atoms with Crippen LogP contribution < -0.4 is 5.32 Å². The molecule has 0 aromatic carbocycles. The van der Waals surface area contributed by atoms with Gasteiger partial charge in [0.2, 0.25) is 5.91 Å². The number of nitrogens with zero attached hydrogens (tertiary/aromatic N) is 2. The van der Waals surface area contributed by atoms with E-state index in [-0.39, 0.29) is 5.91 Å². The Morgan fingerprint density at radius 1 is 1.12 bits per heavy atom. The molecular weight excluding hydrogens is 214 g/mol. The van der Waals surface area contributed by atoms with Crippen LogP contribution in [0.15, 0.2) is 0 Å². The normalized spacial score (nSPS) is 11.6. The summed E-state index contributed by atoms with van der Waals surface area (Å²) in [4.78, 5) is 12.0.